The van der Waals surface area contributed by atoms with Crippen molar-refractivity contribution in [3.05, 3.63) is 29.5 Å². The molecule has 0 aliphatic rings. The maximum absolute atomic E-state index is 5.69. The van der Waals surface area contributed by atoms with Crippen LogP contribution in [0.3, 0.4) is 0 Å². The Hall–Kier alpha value is -1.62. The van der Waals surface area contributed by atoms with E-state index in [4.69, 9.17) is 20.8 Å². The largest absolute Gasteiger partial charge is 0.417 e. The van der Waals surface area contributed by atoms with E-state index < -0.39 is 0 Å². The summed E-state index contributed by atoms with van der Waals surface area (Å²) in [7, 11) is 0. The third kappa shape index (κ3) is 1.82. The van der Waals surface area contributed by atoms with E-state index in [2.05, 4.69) is 15.0 Å². The van der Waals surface area contributed by atoms with Crippen LogP contribution in [0.1, 0.15) is 5.69 Å². The Bertz CT molecular complexity index is 430. The molecule has 0 aliphatic carbocycles. The molecule has 0 atom stereocenters. The highest BCUT2D eigenvalue weighted by molar-refractivity contribution is 6.29. The fraction of sp³-hybridized carbons (Fsp3) is 0.125. The van der Waals surface area contributed by atoms with Crippen LogP contribution in [0.15, 0.2) is 23.1 Å². The van der Waals surface area contributed by atoms with E-state index in [0.717, 1.165) is 0 Å². The highest BCUT2D eigenvalue weighted by Crippen LogP contribution is 2.18. The molecule has 5 nitrogen and oxygen atoms in total. The van der Waals surface area contributed by atoms with Crippen molar-refractivity contribution in [1.82, 2.24) is 15.0 Å². The summed E-state index contributed by atoms with van der Waals surface area (Å²) in [4.78, 5) is 11.7. The van der Waals surface area contributed by atoms with Crippen LogP contribution < -0.4 is 4.74 Å². The van der Waals surface area contributed by atoms with Gasteiger partial charge in [0, 0.05) is 0 Å². The standard InChI is InChI=1S/C8H6ClN3O2/c1-5-7(9)11-4-6(12-5)14-8-10-2-3-13-8/h2-4H,1H3. The van der Waals surface area contributed by atoms with Crippen LogP contribution in [0.4, 0.5) is 0 Å². The monoisotopic (exact) mass is 211 g/mol. The highest BCUT2D eigenvalue weighted by Gasteiger charge is 2.05. The SMILES string of the molecule is Cc1nc(Oc2ncco2)cnc1Cl. The maximum Gasteiger partial charge on any atom is 0.400 e. The van der Waals surface area contributed by atoms with Gasteiger partial charge in [0.05, 0.1) is 18.1 Å². The molecule has 0 saturated heterocycles. The predicted molar refractivity (Wildman–Crippen MR) is 48.4 cm³/mol. The molecule has 14 heavy (non-hydrogen) atoms. The summed E-state index contributed by atoms with van der Waals surface area (Å²) in [6.45, 7) is 1.73. The van der Waals surface area contributed by atoms with Crippen LogP contribution in [0.5, 0.6) is 12.0 Å². The number of nitrogens with zero attached hydrogens (tertiary/aromatic N) is 3. The van der Waals surface area contributed by atoms with E-state index in [9.17, 15) is 0 Å². The minimum atomic E-state index is 0.126. The van der Waals surface area contributed by atoms with Crippen molar-refractivity contribution in [1.29, 1.82) is 0 Å². The summed E-state index contributed by atoms with van der Waals surface area (Å²) in [5.74, 6) is 0.300. The smallest absolute Gasteiger partial charge is 0.400 e. The molecule has 0 fully saturated rings. The van der Waals surface area contributed by atoms with Gasteiger partial charge in [0.25, 0.3) is 0 Å². The minimum Gasteiger partial charge on any atom is -0.417 e. The summed E-state index contributed by atoms with van der Waals surface area (Å²) < 4.78 is 10.0. The second-order valence-corrected chi connectivity index (χ2v) is 2.84. The molecule has 0 unspecified atom stereocenters. The van der Waals surface area contributed by atoms with Crippen LogP contribution in [0.25, 0.3) is 0 Å². The zero-order valence-electron chi connectivity index (χ0n) is 7.27. The Morgan fingerprint density at radius 3 is 2.93 bits per heavy atom. The quantitative estimate of drug-likeness (QED) is 0.762. The Morgan fingerprint density at radius 1 is 1.43 bits per heavy atom. The second kappa shape index (κ2) is 3.63. The molecule has 6 heteroatoms. The number of hydrogen-bond donors (Lipinski definition) is 0. The van der Waals surface area contributed by atoms with Gasteiger partial charge in [0.1, 0.15) is 6.26 Å². The second-order valence-electron chi connectivity index (χ2n) is 2.48. The number of aryl methyl sites for hydroxylation is 1. The average molecular weight is 212 g/mol. The fourth-order valence-corrected chi connectivity index (χ4v) is 0.936. The van der Waals surface area contributed by atoms with Crippen LogP contribution >= 0.6 is 11.6 Å². The molecular formula is C8H6ClN3O2. The fourth-order valence-electron chi connectivity index (χ4n) is 0.845. The number of rotatable bonds is 2. The number of oxazole rings is 1. The van der Waals surface area contributed by atoms with Gasteiger partial charge in [-0.3, -0.25) is 0 Å². The molecule has 0 N–H and O–H groups in total. The van der Waals surface area contributed by atoms with Crippen LogP contribution in [-0.4, -0.2) is 15.0 Å². The third-order valence-corrected chi connectivity index (χ3v) is 1.84. The molecule has 72 valence electrons. The van der Waals surface area contributed by atoms with E-state index in [1.807, 2.05) is 0 Å². The first-order chi connectivity index (χ1) is 6.75. The first kappa shape index (κ1) is 8.96. The van der Waals surface area contributed by atoms with Gasteiger partial charge >= 0.3 is 6.08 Å². The Morgan fingerprint density at radius 2 is 2.29 bits per heavy atom. The molecule has 0 bridgehead atoms. The van der Waals surface area contributed by atoms with Gasteiger partial charge in [0.2, 0.25) is 5.88 Å². The van der Waals surface area contributed by atoms with Gasteiger partial charge < -0.3 is 9.15 Å². The molecule has 0 aromatic carbocycles. The minimum absolute atomic E-state index is 0.126. The summed E-state index contributed by atoms with van der Waals surface area (Å²) >= 11 is 5.69. The van der Waals surface area contributed by atoms with Gasteiger partial charge in [0.15, 0.2) is 5.15 Å². The first-order valence-electron chi connectivity index (χ1n) is 3.82. The molecule has 2 aromatic rings. The predicted octanol–water partition coefficient (Wildman–Crippen LogP) is 2.22. The van der Waals surface area contributed by atoms with Crippen molar-refractivity contribution in [2.24, 2.45) is 0 Å². The van der Waals surface area contributed by atoms with Gasteiger partial charge in [-0.05, 0) is 6.92 Å². The summed E-state index contributed by atoms with van der Waals surface area (Å²) in [6.07, 6.45) is 4.41. The van der Waals surface area contributed by atoms with Crippen molar-refractivity contribution in [3.63, 3.8) is 0 Å². The van der Waals surface area contributed by atoms with E-state index in [0.29, 0.717) is 16.7 Å². The summed E-state index contributed by atoms with van der Waals surface area (Å²) in [6, 6.07) is 0. The molecule has 0 saturated carbocycles. The van der Waals surface area contributed by atoms with E-state index in [-0.39, 0.29) is 6.08 Å². The lowest BCUT2D eigenvalue weighted by molar-refractivity contribution is 0.320. The topological polar surface area (TPSA) is 61.0 Å². The van der Waals surface area contributed by atoms with Crippen LogP contribution in [-0.2, 0) is 0 Å². The number of hydrogen-bond acceptors (Lipinski definition) is 5. The molecule has 0 spiro atoms. The molecule has 2 rings (SSSR count). The zero-order chi connectivity index (χ0) is 9.97. The Labute approximate surface area is 84.7 Å². The van der Waals surface area contributed by atoms with Crippen LogP contribution in [0, 0.1) is 6.92 Å². The maximum atomic E-state index is 5.69. The van der Waals surface area contributed by atoms with Crippen molar-refractivity contribution in [2.45, 2.75) is 6.92 Å². The number of aromatic nitrogens is 3. The van der Waals surface area contributed by atoms with E-state index >= 15 is 0 Å². The molecule has 2 heterocycles. The van der Waals surface area contributed by atoms with Gasteiger partial charge in [-0.1, -0.05) is 11.6 Å². The van der Waals surface area contributed by atoms with Crippen LogP contribution in [0.2, 0.25) is 5.15 Å². The summed E-state index contributed by atoms with van der Waals surface area (Å²) in [5, 5.41) is 0.352. The lowest BCUT2D eigenvalue weighted by Crippen LogP contribution is -1.92. The molecular weight excluding hydrogens is 206 g/mol. The Balaban J connectivity index is 2.22. The van der Waals surface area contributed by atoms with Gasteiger partial charge in [-0.25, -0.2) is 9.97 Å². The average Bonchev–Trinajstić information content (AvgIpc) is 2.64. The third-order valence-electron chi connectivity index (χ3n) is 1.47. The van der Waals surface area contributed by atoms with Gasteiger partial charge in [-0.2, -0.15) is 4.98 Å². The van der Waals surface area contributed by atoms with Gasteiger partial charge in [-0.15, -0.1) is 0 Å². The number of halogens is 1. The molecule has 0 radical (unpaired) electrons. The normalized spacial score (nSPS) is 10.1. The molecule has 0 aliphatic heterocycles. The Kier molecular flexibility index (Phi) is 2.32. The lowest BCUT2D eigenvalue weighted by atomic mass is 10.5. The first-order valence-corrected chi connectivity index (χ1v) is 4.20. The molecule has 0 amide bonds. The van der Waals surface area contributed by atoms with E-state index in [1.54, 1.807) is 6.92 Å². The zero-order valence-corrected chi connectivity index (χ0v) is 8.02. The van der Waals surface area contributed by atoms with Crippen molar-refractivity contribution < 1.29 is 9.15 Å². The highest BCUT2D eigenvalue weighted by atomic mass is 35.5. The lowest BCUT2D eigenvalue weighted by Gasteiger charge is -2.00. The number of ether oxygens (including phenoxy) is 1. The van der Waals surface area contributed by atoms with E-state index in [1.165, 1.54) is 18.7 Å². The molecule has 2 aromatic heterocycles. The van der Waals surface area contributed by atoms with Crippen molar-refractivity contribution in [2.75, 3.05) is 0 Å². The summed E-state index contributed by atoms with van der Waals surface area (Å²) in [5.41, 5.74) is 0.593. The van der Waals surface area contributed by atoms with Crippen molar-refractivity contribution >= 4 is 11.6 Å². The van der Waals surface area contributed by atoms with Crippen molar-refractivity contribution in [3.8, 4) is 12.0 Å².